The molecule has 18 heavy (non-hydrogen) atoms. The van der Waals surface area contributed by atoms with E-state index < -0.39 is 5.60 Å². The molecule has 0 aliphatic heterocycles. The fourth-order valence-corrected chi connectivity index (χ4v) is 1.87. The quantitative estimate of drug-likeness (QED) is 0.800. The SMILES string of the molecule is COC(C)(C)C(=O)N(Cc1cccnc1)C1CC1. The summed E-state index contributed by atoms with van der Waals surface area (Å²) in [6.45, 7) is 4.24. The Kier molecular flexibility index (Phi) is 3.66. The fourth-order valence-electron chi connectivity index (χ4n) is 1.87. The molecule has 4 nitrogen and oxygen atoms in total. The topological polar surface area (TPSA) is 42.4 Å². The van der Waals surface area contributed by atoms with Crippen LogP contribution in [0.2, 0.25) is 0 Å². The standard InChI is InChI=1S/C14H20N2O2/c1-14(2,18-3)13(17)16(12-6-7-12)10-11-5-4-8-15-9-11/h4-5,8-9,12H,6-7,10H2,1-3H3. The summed E-state index contributed by atoms with van der Waals surface area (Å²) in [4.78, 5) is 18.5. The molecule has 1 amide bonds. The van der Waals surface area contributed by atoms with Gasteiger partial charge in [-0.15, -0.1) is 0 Å². The van der Waals surface area contributed by atoms with Crippen molar-refractivity contribution in [1.82, 2.24) is 9.88 Å². The molecule has 1 aromatic rings. The van der Waals surface area contributed by atoms with Gasteiger partial charge in [-0.05, 0) is 38.3 Å². The molecule has 4 heteroatoms. The highest BCUT2D eigenvalue weighted by molar-refractivity contribution is 5.85. The first kappa shape index (κ1) is 13.0. The molecule has 1 fully saturated rings. The van der Waals surface area contributed by atoms with Crippen LogP contribution in [0.5, 0.6) is 0 Å². The van der Waals surface area contributed by atoms with Gasteiger partial charge in [0.25, 0.3) is 5.91 Å². The van der Waals surface area contributed by atoms with Gasteiger partial charge in [-0.25, -0.2) is 0 Å². The van der Waals surface area contributed by atoms with Crippen molar-refractivity contribution in [2.75, 3.05) is 7.11 Å². The number of carbonyl (C=O) groups is 1. The number of methoxy groups -OCH3 is 1. The third kappa shape index (κ3) is 2.88. The molecule has 98 valence electrons. The van der Waals surface area contributed by atoms with E-state index in [0.717, 1.165) is 18.4 Å². The van der Waals surface area contributed by atoms with Gasteiger partial charge < -0.3 is 9.64 Å². The van der Waals surface area contributed by atoms with Gasteiger partial charge in [0.2, 0.25) is 0 Å². The fraction of sp³-hybridized carbons (Fsp3) is 0.571. The number of carbonyl (C=O) groups excluding carboxylic acids is 1. The summed E-state index contributed by atoms with van der Waals surface area (Å²) in [5, 5.41) is 0. The lowest BCUT2D eigenvalue weighted by atomic mass is 10.1. The molecule has 1 saturated carbocycles. The van der Waals surface area contributed by atoms with Crippen LogP contribution in [-0.2, 0) is 16.1 Å². The second kappa shape index (κ2) is 5.06. The van der Waals surface area contributed by atoms with Crippen molar-refractivity contribution in [3.05, 3.63) is 30.1 Å². The Bertz CT molecular complexity index is 413. The van der Waals surface area contributed by atoms with Gasteiger partial charge in [-0.2, -0.15) is 0 Å². The van der Waals surface area contributed by atoms with Crippen molar-refractivity contribution in [3.8, 4) is 0 Å². The highest BCUT2D eigenvalue weighted by atomic mass is 16.5. The van der Waals surface area contributed by atoms with Gasteiger partial charge in [-0.1, -0.05) is 6.07 Å². The van der Waals surface area contributed by atoms with Crippen molar-refractivity contribution >= 4 is 5.91 Å². The molecular weight excluding hydrogens is 228 g/mol. The van der Waals surface area contributed by atoms with E-state index in [-0.39, 0.29) is 5.91 Å². The maximum atomic E-state index is 12.5. The third-order valence-corrected chi connectivity index (χ3v) is 3.35. The molecule has 1 aliphatic rings. The Hall–Kier alpha value is -1.42. The van der Waals surface area contributed by atoms with Gasteiger partial charge in [0, 0.05) is 32.1 Å². The van der Waals surface area contributed by atoms with E-state index in [1.807, 2.05) is 37.1 Å². The summed E-state index contributed by atoms with van der Waals surface area (Å²) < 4.78 is 5.29. The number of hydrogen-bond donors (Lipinski definition) is 0. The second-order valence-electron chi connectivity index (χ2n) is 5.24. The van der Waals surface area contributed by atoms with Crippen LogP contribution in [0.15, 0.2) is 24.5 Å². The van der Waals surface area contributed by atoms with Crippen LogP contribution in [0.3, 0.4) is 0 Å². The van der Waals surface area contributed by atoms with Crippen LogP contribution in [-0.4, -0.2) is 34.5 Å². The van der Waals surface area contributed by atoms with Crippen LogP contribution in [0.25, 0.3) is 0 Å². The van der Waals surface area contributed by atoms with Gasteiger partial charge in [0.15, 0.2) is 0 Å². The van der Waals surface area contributed by atoms with Gasteiger partial charge in [0.1, 0.15) is 5.60 Å². The summed E-state index contributed by atoms with van der Waals surface area (Å²) in [5.41, 5.74) is 0.301. The molecule has 0 N–H and O–H groups in total. The zero-order valence-electron chi connectivity index (χ0n) is 11.2. The average Bonchev–Trinajstić information content (AvgIpc) is 3.20. The summed E-state index contributed by atoms with van der Waals surface area (Å²) in [5.74, 6) is 0.0522. The summed E-state index contributed by atoms with van der Waals surface area (Å²) >= 11 is 0. The zero-order valence-corrected chi connectivity index (χ0v) is 11.2. The largest absolute Gasteiger partial charge is 0.369 e. The van der Waals surface area contributed by atoms with Crippen molar-refractivity contribution < 1.29 is 9.53 Å². The monoisotopic (exact) mass is 248 g/mol. The molecule has 2 rings (SSSR count). The molecule has 0 unspecified atom stereocenters. The van der Waals surface area contributed by atoms with E-state index in [1.165, 1.54) is 0 Å². The van der Waals surface area contributed by atoms with Crippen molar-refractivity contribution in [3.63, 3.8) is 0 Å². The maximum Gasteiger partial charge on any atom is 0.254 e. The first-order valence-electron chi connectivity index (χ1n) is 6.29. The number of ether oxygens (including phenoxy) is 1. The molecule has 0 radical (unpaired) electrons. The minimum atomic E-state index is -0.759. The molecule has 1 aliphatic carbocycles. The zero-order chi connectivity index (χ0) is 13.2. The molecule has 0 saturated heterocycles. The summed E-state index contributed by atoms with van der Waals surface area (Å²) in [6, 6.07) is 4.26. The van der Waals surface area contributed by atoms with Crippen LogP contribution in [0, 0.1) is 0 Å². The first-order valence-corrected chi connectivity index (χ1v) is 6.29. The average molecular weight is 248 g/mol. The van der Waals surface area contributed by atoms with E-state index in [9.17, 15) is 4.79 Å². The molecule has 1 aromatic heterocycles. The number of amides is 1. The molecule has 0 aromatic carbocycles. The maximum absolute atomic E-state index is 12.5. The lowest BCUT2D eigenvalue weighted by Crippen LogP contribution is -2.47. The summed E-state index contributed by atoms with van der Waals surface area (Å²) in [7, 11) is 1.58. The first-order chi connectivity index (χ1) is 8.54. The van der Waals surface area contributed by atoms with E-state index in [1.54, 1.807) is 13.3 Å². The predicted molar refractivity (Wildman–Crippen MR) is 68.9 cm³/mol. The van der Waals surface area contributed by atoms with Crippen molar-refractivity contribution in [2.45, 2.75) is 44.9 Å². The minimum Gasteiger partial charge on any atom is -0.369 e. The number of hydrogen-bond acceptors (Lipinski definition) is 3. The molecule has 0 spiro atoms. The van der Waals surface area contributed by atoms with Crippen LogP contribution >= 0.6 is 0 Å². The summed E-state index contributed by atoms with van der Waals surface area (Å²) in [6.07, 6.45) is 5.73. The Morgan fingerprint density at radius 3 is 2.78 bits per heavy atom. The Morgan fingerprint density at radius 1 is 1.56 bits per heavy atom. The van der Waals surface area contributed by atoms with Crippen LogP contribution in [0.1, 0.15) is 32.3 Å². The number of rotatable bonds is 5. The number of aromatic nitrogens is 1. The lowest BCUT2D eigenvalue weighted by molar-refractivity contribution is -0.152. The molecule has 0 atom stereocenters. The second-order valence-corrected chi connectivity index (χ2v) is 5.24. The van der Waals surface area contributed by atoms with Gasteiger partial charge in [0.05, 0.1) is 0 Å². The van der Waals surface area contributed by atoms with Gasteiger partial charge >= 0.3 is 0 Å². The molecular formula is C14H20N2O2. The van der Waals surface area contributed by atoms with Crippen molar-refractivity contribution in [1.29, 1.82) is 0 Å². The van der Waals surface area contributed by atoms with Gasteiger partial charge in [-0.3, -0.25) is 9.78 Å². The minimum absolute atomic E-state index is 0.0522. The Balaban J connectivity index is 2.12. The lowest BCUT2D eigenvalue weighted by Gasteiger charge is -2.31. The molecule has 0 bridgehead atoms. The number of nitrogens with zero attached hydrogens (tertiary/aromatic N) is 2. The Morgan fingerprint density at radius 2 is 2.28 bits per heavy atom. The van der Waals surface area contributed by atoms with Crippen LogP contribution < -0.4 is 0 Å². The normalized spacial score (nSPS) is 15.5. The highest BCUT2D eigenvalue weighted by Crippen LogP contribution is 2.30. The van der Waals surface area contributed by atoms with E-state index in [0.29, 0.717) is 12.6 Å². The smallest absolute Gasteiger partial charge is 0.254 e. The van der Waals surface area contributed by atoms with E-state index in [4.69, 9.17) is 4.74 Å². The third-order valence-electron chi connectivity index (χ3n) is 3.35. The van der Waals surface area contributed by atoms with Crippen LogP contribution in [0.4, 0.5) is 0 Å². The van der Waals surface area contributed by atoms with E-state index in [2.05, 4.69) is 4.98 Å². The Labute approximate surface area is 108 Å². The van der Waals surface area contributed by atoms with E-state index >= 15 is 0 Å². The highest BCUT2D eigenvalue weighted by Gasteiger charge is 2.39. The van der Waals surface area contributed by atoms with Crippen molar-refractivity contribution in [2.24, 2.45) is 0 Å². The predicted octanol–water partition coefficient (Wildman–Crippen LogP) is 2.00. The number of pyridine rings is 1. The molecule has 1 heterocycles.